The molecule has 0 N–H and O–H groups in total. The van der Waals surface area contributed by atoms with E-state index in [0.29, 0.717) is 0 Å². The molecule has 0 unspecified atom stereocenters. The Kier molecular flexibility index (Phi) is 3.00. The van der Waals surface area contributed by atoms with E-state index >= 15 is 0 Å². The van der Waals surface area contributed by atoms with Gasteiger partial charge in [-0.15, -0.1) is 0 Å². The number of nitrogens with zero attached hydrogens (tertiary/aromatic N) is 1. The first-order valence-corrected chi connectivity index (χ1v) is 4.50. The van der Waals surface area contributed by atoms with Crippen molar-refractivity contribution in [1.29, 1.82) is 0 Å². The summed E-state index contributed by atoms with van der Waals surface area (Å²) in [7, 11) is 2.10. The maximum absolute atomic E-state index is 4.12. The molecule has 0 saturated heterocycles. The first-order valence-electron chi connectivity index (χ1n) is 4.50. The summed E-state index contributed by atoms with van der Waals surface area (Å²) in [6.07, 6.45) is 0. The molecule has 0 aliphatic rings. The highest BCUT2D eigenvalue weighted by Gasteiger charge is 2.25. The molecule has 0 radical (unpaired) electrons. The van der Waals surface area contributed by atoms with Crippen molar-refractivity contribution >= 4 is 0 Å². The summed E-state index contributed by atoms with van der Waals surface area (Å²) < 4.78 is 0. The van der Waals surface area contributed by atoms with Crippen LogP contribution in [0.1, 0.15) is 41.5 Å². The van der Waals surface area contributed by atoms with Gasteiger partial charge in [-0.2, -0.15) is 0 Å². The van der Waals surface area contributed by atoms with Crippen molar-refractivity contribution in [1.82, 2.24) is 4.90 Å². The molecule has 0 fully saturated rings. The Bertz CT molecular complexity index is 166. The van der Waals surface area contributed by atoms with E-state index in [1.165, 1.54) is 5.70 Å². The van der Waals surface area contributed by atoms with Gasteiger partial charge >= 0.3 is 0 Å². The number of rotatable bonds is 1. The van der Waals surface area contributed by atoms with Crippen LogP contribution in [0.5, 0.6) is 0 Å². The van der Waals surface area contributed by atoms with Gasteiger partial charge in [-0.1, -0.05) is 27.4 Å². The lowest BCUT2D eigenvalue weighted by Gasteiger charge is -2.40. The van der Waals surface area contributed by atoms with Gasteiger partial charge < -0.3 is 4.90 Å². The van der Waals surface area contributed by atoms with Gasteiger partial charge in [0.1, 0.15) is 0 Å². The Balaban J connectivity index is 4.53. The molecule has 0 bridgehead atoms. The van der Waals surface area contributed by atoms with E-state index in [2.05, 4.69) is 60.1 Å². The average Bonchev–Trinajstić information content (AvgIpc) is 1.80. The van der Waals surface area contributed by atoms with Crippen molar-refractivity contribution < 1.29 is 0 Å². The Morgan fingerprint density at radius 2 is 1.33 bits per heavy atom. The van der Waals surface area contributed by atoms with E-state index in [1.54, 1.807) is 0 Å². The highest BCUT2D eigenvalue weighted by atomic mass is 15.2. The summed E-state index contributed by atoms with van der Waals surface area (Å²) in [6, 6.07) is 0. The molecule has 0 aliphatic heterocycles. The van der Waals surface area contributed by atoms with Gasteiger partial charge in [-0.3, -0.25) is 0 Å². The molecule has 0 aromatic rings. The largest absolute Gasteiger partial charge is 0.373 e. The minimum absolute atomic E-state index is 0.169. The summed E-state index contributed by atoms with van der Waals surface area (Å²) in [5, 5.41) is 0. The van der Waals surface area contributed by atoms with Crippen LogP contribution in [0.15, 0.2) is 12.3 Å². The monoisotopic (exact) mass is 169 g/mol. The Labute approximate surface area is 77.5 Å². The molecule has 0 saturated carbocycles. The molecular formula is C11H23N. The molecule has 1 heteroatoms. The van der Waals surface area contributed by atoms with Crippen LogP contribution in [0, 0.1) is 5.41 Å². The van der Waals surface area contributed by atoms with E-state index in [9.17, 15) is 0 Å². The average molecular weight is 169 g/mol. The van der Waals surface area contributed by atoms with Crippen LogP contribution in [-0.4, -0.2) is 17.5 Å². The standard InChI is InChI=1S/C11H23N/c1-9(10(2,3)4)12(8)11(5,6)7/h1H2,2-8H3. The van der Waals surface area contributed by atoms with Crippen molar-refractivity contribution in [2.75, 3.05) is 7.05 Å². The third-order valence-electron chi connectivity index (χ3n) is 2.28. The number of hydrogen-bond donors (Lipinski definition) is 0. The summed E-state index contributed by atoms with van der Waals surface area (Å²) in [6.45, 7) is 17.3. The van der Waals surface area contributed by atoms with Gasteiger partial charge in [0, 0.05) is 23.7 Å². The first kappa shape index (κ1) is 11.5. The van der Waals surface area contributed by atoms with Crippen LogP contribution in [0.4, 0.5) is 0 Å². The normalized spacial score (nSPS) is 12.9. The first-order chi connectivity index (χ1) is 5.07. The quantitative estimate of drug-likeness (QED) is 0.582. The summed E-state index contributed by atoms with van der Waals surface area (Å²) in [5.41, 5.74) is 1.53. The lowest BCUT2D eigenvalue weighted by atomic mass is 9.90. The molecule has 0 spiro atoms. The highest BCUT2D eigenvalue weighted by molar-refractivity contribution is 5.06. The van der Waals surface area contributed by atoms with Gasteiger partial charge in [0.2, 0.25) is 0 Å². The maximum Gasteiger partial charge on any atom is 0.0311 e. The second-order valence-electron chi connectivity index (χ2n) is 5.43. The van der Waals surface area contributed by atoms with Gasteiger partial charge in [0.25, 0.3) is 0 Å². The predicted molar refractivity (Wildman–Crippen MR) is 56.1 cm³/mol. The van der Waals surface area contributed by atoms with Crippen LogP contribution in [0.3, 0.4) is 0 Å². The smallest absolute Gasteiger partial charge is 0.0311 e. The zero-order chi connectivity index (χ0) is 10.2. The zero-order valence-corrected chi connectivity index (χ0v) is 9.65. The van der Waals surface area contributed by atoms with Crippen LogP contribution in [0.25, 0.3) is 0 Å². The van der Waals surface area contributed by atoms with E-state index < -0.39 is 0 Å². The van der Waals surface area contributed by atoms with E-state index in [0.717, 1.165) is 0 Å². The van der Waals surface area contributed by atoms with Gasteiger partial charge in [0.15, 0.2) is 0 Å². The number of allylic oxidation sites excluding steroid dienone is 1. The van der Waals surface area contributed by atoms with Crippen molar-refractivity contribution in [3.63, 3.8) is 0 Å². The van der Waals surface area contributed by atoms with Gasteiger partial charge in [-0.25, -0.2) is 0 Å². The summed E-state index contributed by atoms with van der Waals surface area (Å²) in [5.74, 6) is 0. The Morgan fingerprint density at radius 1 is 1.00 bits per heavy atom. The van der Waals surface area contributed by atoms with E-state index in [1.807, 2.05) is 0 Å². The SMILES string of the molecule is C=C(N(C)C(C)(C)C)C(C)(C)C. The fourth-order valence-electron chi connectivity index (χ4n) is 0.908. The predicted octanol–water partition coefficient (Wildman–Crippen LogP) is 3.28. The molecule has 1 nitrogen and oxygen atoms in total. The molecule has 0 aromatic carbocycles. The van der Waals surface area contributed by atoms with Crippen molar-refractivity contribution in [2.45, 2.75) is 47.1 Å². The molecule has 0 heterocycles. The minimum atomic E-state index is 0.169. The fraction of sp³-hybridized carbons (Fsp3) is 0.818. The van der Waals surface area contributed by atoms with Crippen LogP contribution >= 0.6 is 0 Å². The second kappa shape index (κ2) is 3.12. The molecule has 72 valence electrons. The van der Waals surface area contributed by atoms with Crippen molar-refractivity contribution in [3.05, 3.63) is 12.3 Å². The lowest BCUT2D eigenvalue weighted by Crippen LogP contribution is -2.40. The molecule has 0 aliphatic carbocycles. The molecule has 0 aromatic heterocycles. The molecule has 0 amide bonds. The Morgan fingerprint density at radius 3 is 1.42 bits per heavy atom. The van der Waals surface area contributed by atoms with Crippen LogP contribution in [0.2, 0.25) is 0 Å². The maximum atomic E-state index is 4.12. The third-order valence-corrected chi connectivity index (χ3v) is 2.28. The molecule has 0 rings (SSSR count). The topological polar surface area (TPSA) is 3.24 Å². The third kappa shape index (κ3) is 2.88. The minimum Gasteiger partial charge on any atom is -0.373 e. The lowest BCUT2D eigenvalue weighted by molar-refractivity contribution is 0.185. The molecule has 0 atom stereocenters. The van der Waals surface area contributed by atoms with Crippen LogP contribution < -0.4 is 0 Å². The van der Waals surface area contributed by atoms with Crippen molar-refractivity contribution in [2.24, 2.45) is 5.41 Å². The highest BCUT2D eigenvalue weighted by Crippen LogP contribution is 2.29. The van der Waals surface area contributed by atoms with E-state index in [-0.39, 0.29) is 11.0 Å². The summed E-state index contributed by atoms with van der Waals surface area (Å²) in [4.78, 5) is 2.24. The van der Waals surface area contributed by atoms with Crippen LogP contribution in [-0.2, 0) is 0 Å². The number of hydrogen-bond acceptors (Lipinski definition) is 1. The van der Waals surface area contributed by atoms with E-state index in [4.69, 9.17) is 0 Å². The molecular weight excluding hydrogens is 146 g/mol. The van der Waals surface area contributed by atoms with Gasteiger partial charge in [-0.05, 0) is 20.8 Å². The molecule has 12 heavy (non-hydrogen) atoms. The van der Waals surface area contributed by atoms with Gasteiger partial charge in [0.05, 0.1) is 0 Å². The van der Waals surface area contributed by atoms with Crippen molar-refractivity contribution in [3.8, 4) is 0 Å². The fourth-order valence-corrected chi connectivity index (χ4v) is 0.908. The second-order valence-corrected chi connectivity index (χ2v) is 5.43. The zero-order valence-electron chi connectivity index (χ0n) is 9.65. The Hall–Kier alpha value is -0.460. The summed E-state index contributed by atoms with van der Waals surface area (Å²) >= 11 is 0.